The molecule has 0 radical (unpaired) electrons. The molecule has 0 heterocycles. The van der Waals surface area contributed by atoms with Crippen molar-refractivity contribution in [3.05, 3.63) is 58.7 Å². The number of benzene rings is 2. The lowest BCUT2D eigenvalue weighted by Crippen LogP contribution is -2.00. The summed E-state index contributed by atoms with van der Waals surface area (Å²) in [6.07, 6.45) is 0. The molecule has 0 aliphatic carbocycles. The molecule has 0 aromatic heterocycles. The van der Waals surface area contributed by atoms with Gasteiger partial charge in [-0.15, -0.1) is 0 Å². The molecule has 0 aliphatic heterocycles. The van der Waals surface area contributed by atoms with Gasteiger partial charge in [-0.05, 0) is 62.2 Å². The quantitative estimate of drug-likeness (QED) is 0.767. The van der Waals surface area contributed by atoms with Crippen LogP contribution in [0.1, 0.15) is 28.4 Å². The average Bonchev–Trinajstić information content (AvgIpc) is 2.37. The van der Waals surface area contributed by atoms with Crippen LogP contribution in [0, 0.1) is 25.5 Å². The van der Waals surface area contributed by atoms with Gasteiger partial charge >= 0.3 is 0 Å². The molecule has 2 aromatic carbocycles. The molecule has 0 saturated heterocycles. The number of ether oxygens (including phenoxy) is 1. The molecule has 0 fully saturated rings. The summed E-state index contributed by atoms with van der Waals surface area (Å²) in [5.41, 5.74) is 0.977. The molecule has 0 N–H and O–H groups in total. The third-order valence-corrected chi connectivity index (χ3v) is 3.00. The standard InChI is InChI=1S/C16H14F2O2/c1-9-6-12(4-5-14(9)17)20-16-7-10(2)15(18)8-13(16)11(3)19/h4-8H,1-3H3. The molecule has 2 rings (SSSR count). The van der Waals surface area contributed by atoms with Crippen molar-refractivity contribution in [3.63, 3.8) is 0 Å². The topological polar surface area (TPSA) is 26.3 Å². The largest absolute Gasteiger partial charge is 0.457 e. The van der Waals surface area contributed by atoms with Gasteiger partial charge in [-0.2, -0.15) is 0 Å². The van der Waals surface area contributed by atoms with Gasteiger partial charge in [0.25, 0.3) is 0 Å². The molecule has 0 spiro atoms. The number of Topliss-reactive ketones (excluding diaryl/α,β-unsaturated/α-hetero) is 1. The Bertz CT molecular complexity index is 678. The molecule has 4 heteroatoms. The Hall–Kier alpha value is -2.23. The number of carbonyl (C=O) groups excluding carboxylic acids is 1. The Balaban J connectivity index is 2.44. The molecule has 0 saturated carbocycles. The van der Waals surface area contributed by atoms with Gasteiger partial charge in [0.15, 0.2) is 5.78 Å². The van der Waals surface area contributed by atoms with E-state index in [9.17, 15) is 13.6 Å². The van der Waals surface area contributed by atoms with Gasteiger partial charge in [0.05, 0.1) is 5.56 Å². The van der Waals surface area contributed by atoms with E-state index in [1.165, 1.54) is 31.2 Å². The van der Waals surface area contributed by atoms with Crippen molar-refractivity contribution in [2.45, 2.75) is 20.8 Å². The minimum atomic E-state index is -0.460. The van der Waals surface area contributed by atoms with Crippen molar-refractivity contribution in [3.8, 4) is 11.5 Å². The summed E-state index contributed by atoms with van der Waals surface area (Å²) in [4.78, 5) is 11.5. The zero-order valence-electron chi connectivity index (χ0n) is 11.5. The predicted octanol–water partition coefficient (Wildman–Crippen LogP) is 4.58. The number of ketones is 1. The lowest BCUT2D eigenvalue weighted by atomic mass is 10.1. The van der Waals surface area contributed by atoms with Gasteiger partial charge in [-0.3, -0.25) is 4.79 Å². The van der Waals surface area contributed by atoms with Crippen molar-refractivity contribution in [1.82, 2.24) is 0 Å². The molecule has 20 heavy (non-hydrogen) atoms. The highest BCUT2D eigenvalue weighted by molar-refractivity contribution is 5.97. The van der Waals surface area contributed by atoms with Crippen molar-refractivity contribution in [2.75, 3.05) is 0 Å². The third kappa shape index (κ3) is 2.85. The number of aryl methyl sites for hydroxylation is 2. The number of hydrogen-bond acceptors (Lipinski definition) is 2. The summed E-state index contributed by atoms with van der Waals surface area (Å²) in [7, 11) is 0. The zero-order chi connectivity index (χ0) is 14.9. The van der Waals surface area contributed by atoms with Crippen LogP contribution in [0.15, 0.2) is 30.3 Å². The summed E-state index contributed by atoms with van der Waals surface area (Å²) in [5.74, 6) is -0.421. The molecule has 0 atom stereocenters. The molecule has 0 bridgehead atoms. The normalized spacial score (nSPS) is 10.4. The Morgan fingerprint density at radius 1 is 1.00 bits per heavy atom. The molecular weight excluding hydrogens is 262 g/mol. The van der Waals surface area contributed by atoms with E-state index in [1.54, 1.807) is 13.8 Å². The Morgan fingerprint density at radius 2 is 1.65 bits per heavy atom. The first-order valence-electron chi connectivity index (χ1n) is 6.13. The van der Waals surface area contributed by atoms with Crippen LogP contribution >= 0.6 is 0 Å². The predicted molar refractivity (Wildman–Crippen MR) is 72.4 cm³/mol. The second kappa shape index (κ2) is 5.41. The van der Waals surface area contributed by atoms with Crippen molar-refractivity contribution in [2.24, 2.45) is 0 Å². The molecule has 0 unspecified atom stereocenters. The highest BCUT2D eigenvalue weighted by Gasteiger charge is 2.13. The van der Waals surface area contributed by atoms with Crippen molar-refractivity contribution >= 4 is 5.78 Å². The zero-order valence-corrected chi connectivity index (χ0v) is 11.5. The number of carbonyl (C=O) groups is 1. The fraction of sp³-hybridized carbons (Fsp3) is 0.188. The highest BCUT2D eigenvalue weighted by Crippen LogP contribution is 2.29. The molecule has 104 valence electrons. The summed E-state index contributed by atoms with van der Waals surface area (Å²) >= 11 is 0. The van der Waals surface area contributed by atoms with Gasteiger partial charge < -0.3 is 4.74 Å². The van der Waals surface area contributed by atoms with E-state index < -0.39 is 5.82 Å². The summed E-state index contributed by atoms with van der Waals surface area (Å²) in [6.45, 7) is 4.54. The second-order valence-corrected chi connectivity index (χ2v) is 4.67. The second-order valence-electron chi connectivity index (χ2n) is 4.67. The maximum absolute atomic E-state index is 13.5. The Morgan fingerprint density at radius 3 is 2.25 bits per heavy atom. The number of hydrogen-bond donors (Lipinski definition) is 0. The molecule has 0 aliphatic rings. The third-order valence-electron chi connectivity index (χ3n) is 3.00. The summed E-state index contributed by atoms with van der Waals surface area (Å²) in [6, 6.07) is 6.89. The van der Waals surface area contributed by atoms with Crippen LogP contribution in [0.4, 0.5) is 8.78 Å². The molecule has 0 amide bonds. The molecular formula is C16H14F2O2. The molecule has 2 aromatic rings. The lowest BCUT2D eigenvalue weighted by Gasteiger charge is -2.11. The number of rotatable bonds is 3. The monoisotopic (exact) mass is 276 g/mol. The Kier molecular flexibility index (Phi) is 3.84. The van der Waals surface area contributed by atoms with Crippen LogP contribution in [-0.4, -0.2) is 5.78 Å². The van der Waals surface area contributed by atoms with E-state index in [4.69, 9.17) is 4.74 Å². The van der Waals surface area contributed by atoms with Gasteiger partial charge in [0, 0.05) is 0 Å². The van der Waals surface area contributed by atoms with Gasteiger partial charge in [0.1, 0.15) is 23.1 Å². The van der Waals surface area contributed by atoms with Crippen molar-refractivity contribution in [1.29, 1.82) is 0 Å². The molecule has 2 nitrogen and oxygen atoms in total. The van der Waals surface area contributed by atoms with Crippen LogP contribution in [0.25, 0.3) is 0 Å². The van der Waals surface area contributed by atoms with Crippen molar-refractivity contribution < 1.29 is 18.3 Å². The SMILES string of the molecule is CC(=O)c1cc(F)c(C)cc1Oc1ccc(F)c(C)c1. The van der Waals surface area contributed by atoms with E-state index in [2.05, 4.69) is 0 Å². The average molecular weight is 276 g/mol. The minimum Gasteiger partial charge on any atom is -0.457 e. The maximum Gasteiger partial charge on any atom is 0.163 e. The van der Waals surface area contributed by atoms with Crippen LogP contribution in [0.5, 0.6) is 11.5 Å². The summed E-state index contributed by atoms with van der Waals surface area (Å²) in [5, 5.41) is 0. The van der Waals surface area contributed by atoms with Gasteiger partial charge in [-0.25, -0.2) is 8.78 Å². The maximum atomic E-state index is 13.5. The highest BCUT2D eigenvalue weighted by atomic mass is 19.1. The Labute approximate surface area is 116 Å². The first-order chi connectivity index (χ1) is 9.38. The fourth-order valence-corrected chi connectivity index (χ4v) is 1.82. The van der Waals surface area contributed by atoms with E-state index in [-0.39, 0.29) is 22.9 Å². The lowest BCUT2D eigenvalue weighted by molar-refractivity contribution is 0.101. The fourth-order valence-electron chi connectivity index (χ4n) is 1.82. The van der Waals surface area contributed by atoms with E-state index in [1.807, 2.05) is 0 Å². The van der Waals surface area contributed by atoms with E-state index >= 15 is 0 Å². The van der Waals surface area contributed by atoms with E-state index in [0.29, 0.717) is 16.9 Å². The smallest absolute Gasteiger partial charge is 0.163 e. The van der Waals surface area contributed by atoms with Crippen LogP contribution in [0.2, 0.25) is 0 Å². The van der Waals surface area contributed by atoms with Crippen LogP contribution in [0.3, 0.4) is 0 Å². The minimum absolute atomic E-state index is 0.162. The van der Waals surface area contributed by atoms with E-state index in [0.717, 1.165) is 6.07 Å². The first kappa shape index (κ1) is 14.2. The van der Waals surface area contributed by atoms with Gasteiger partial charge in [0.2, 0.25) is 0 Å². The first-order valence-corrected chi connectivity index (χ1v) is 6.13. The van der Waals surface area contributed by atoms with Gasteiger partial charge in [-0.1, -0.05) is 0 Å². The van der Waals surface area contributed by atoms with Crippen LogP contribution in [-0.2, 0) is 0 Å². The summed E-state index contributed by atoms with van der Waals surface area (Å²) < 4.78 is 32.3. The van der Waals surface area contributed by atoms with Crippen LogP contribution < -0.4 is 4.74 Å². The number of halogens is 2.